The number of rotatable bonds is 3. The number of aromatic hydroxyl groups is 1. The van der Waals surface area contributed by atoms with Crippen molar-refractivity contribution in [2.75, 3.05) is 0 Å². The zero-order valence-electron chi connectivity index (χ0n) is 10.4. The lowest BCUT2D eigenvalue weighted by molar-refractivity contribution is -0.119. The van der Waals surface area contributed by atoms with Gasteiger partial charge >= 0.3 is 0 Å². The Kier molecular flexibility index (Phi) is 5.74. The molecule has 0 saturated carbocycles. The lowest BCUT2D eigenvalue weighted by Gasteiger charge is -2.10. The summed E-state index contributed by atoms with van der Waals surface area (Å²) in [5.74, 6) is -0.558. The third kappa shape index (κ3) is 5.35. The molecule has 1 rings (SSSR count). The first kappa shape index (κ1) is 14.9. The van der Waals surface area contributed by atoms with Crippen molar-refractivity contribution in [3.8, 4) is 5.75 Å². The average Bonchev–Trinajstić information content (AvgIpc) is 2.37. The van der Waals surface area contributed by atoms with E-state index >= 15 is 0 Å². The molecule has 0 bridgehead atoms. The van der Waals surface area contributed by atoms with Crippen molar-refractivity contribution in [3.63, 3.8) is 0 Å². The van der Waals surface area contributed by atoms with Crippen LogP contribution in [0.3, 0.4) is 0 Å². The molecular weight excluding hydrogens is 266 g/mol. The summed E-state index contributed by atoms with van der Waals surface area (Å²) in [7, 11) is 0. The zero-order chi connectivity index (χ0) is 14.3. The van der Waals surface area contributed by atoms with Crippen LogP contribution in [0, 0.1) is 0 Å². The molecule has 0 atom stereocenters. The number of hydrogen-bond acceptors (Lipinski definition) is 4. The normalized spacial score (nSPS) is 9.53. The maximum absolute atomic E-state index is 11.6. The Hall–Kier alpha value is -2.15. The van der Waals surface area contributed by atoms with Crippen LogP contribution in [-0.4, -0.2) is 22.0 Å². The van der Waals surface area contributed by atoms with Crippen LogP contribution in [0.2, 0.25) is 0 Å². The smallest absolute Gasteiger partial charge is 0.269 e. The van der Waals surface area contributed by atoms with Crippen LogP contribution < -0.4 is 16.2 Å². The number of hydrogen-bond donors (Lipinski definition) is 4. The Morgan fingerprint density at radius 3 is 2.42 bits per heavy atom. The minimum Gasteiger partial charge on any atom is -0.508 e. The van der Waals surface area contributed by atoms with E-state index < -0.39 is 5.91 Å². The number of nitrogens with one attached hydrogen (secondary N) is 3. The molecule has 1 aromatic rings. The molecule has 4 N–H and O–H groups in total. The predicted octanol–water partition coefficient (Wildman–Crippen LogP) is 0.828. The Morgan fingerprint density at radius 1 is 1.21 bits per heavy atom. The first-order chi connectivity index (χ1) is 9.02. The lowest BCUT2D eigenvalue weighted by Crippen LogP contribution is -2.48. The molecule has 1 aromatic carbocycles. The Bertz CT molecular complexity index is 474. The van der Waals surface area contributed by atoms with Gasteiger partial charge in [0.05, 0.1) is 0 Å². The van der Waals surface area contributed by atoms with Crippen molar-refractivity contribution in [2.24, 2.45) is 0 Å². The molecule has 0 fully saturated rings. The Balaban J connectivity index is 2.40. The summed E-state index contributed by atoms with van der Waals surface area (Å²) >= 11 is 4.84. The van der Waals surface area contributed by atoms with Gasteiger partial charge in [-0.1, -0.05) is 6.92 Å². The van der Waals surface area contributed by atoms with Gasteiger partial charge in [-0.15, -0.1) is 0 Å². The van der Waals surface area contributed by atoms with Gasteiger partial charge in [-0.2, -0.15) is 0 Å². The van der Waals surface area contributed by atoms with E-state index in [1.807, 2.05) is 6.92 Å². The molecule has 0 unspecified atom stereocenters. The summed E-state index contributed by atoms with van der Waals surface area (Å²) < 4.78 is 0. The minimum absolute atomic E-state index is 0.0329. The fourth-order valence-corrected chi connectivity index (χ4v) is 1.41. The van der Waals surface area contributed by atoms with Gasteiger partial charge in [0.1, 0.15) is 5.75 Å². The summed E-state index contributed by atoms with van der Waals surface area (Å²) in [4.78, 5) is 22.9. The lowest BCUT2D eigenvalue weighted by atomic mass is 10.2. The number of amides is 2. The monoisotopic (exact) mass is 281 g/mol. The van der Waals surface area contributed by atoms with E-state index in [-0.39, 0.29) is 16.8 Å². The molecule has 6 nitrogen and oxygen atoms in total. The standard InChI is InChI=1S/C12H15N3O3S/c1-2-3-10(17)13-12(19)15-14-11(18)8-4-6-9(16)7-5-8/h4-7,16H,2-3H2,1H3,(H,14,18)(H2,13,15,17,19). The van der Waals surface area contributed by atoms with Crippen molar-refractivity contribution in [1.82, 2.24) is 16.2 Å². The minimum atomic E-state index is -0.424. The van der Waals surface area contributed by atoms with Crippen LogP contribution in [0.5, 0.6) is 5.75 Å². The van der Waals surface area contributed by atoms with Gasteiger partial charge in [0.15, 0.2) is 5.11 Å². The maximum atomic E-state index is 11.6. The second-order valence-electron chi connectivity index (χ2n) is 3.75. The number of phenolic OH excluding ortho intramolecular Hbond substituents is 1. The van der Waals surface area contributed by atoms with Crippen LogP contribution in [0.15, 0.2) is 24.3 Å². The van der Waals surface area contributed by atoms with Gasteiger partial charge in [-0.05, 0) is 42.9 Å². The van der Waals surface area contributed by atoms with Crippen LogP contribution in [-0.2, 0) is 4.79 Å². The summed E-state index contributed by atoms with van der Waals surface area (Å²) in [5.41, 5.74) is 5.12. The third-order valence-electron chi connectivity index (χ3n) is 2.15. The number of hydrazine groups is 1. The quantitative estimate of drug-likeness (QED) is 0.486. The summed E-state index contributed by atoms with van der Waals surface area (Å²) in [5, 5.41) is 11.5. The van der Waals surface area contributed by atoms with Gasteiger partial charge in [0, 0.05) is 12.0 Å². The molecule has 0 aliphatic carbocycles. The van der Waals surface area contributed by atoms with E-state index in [1.54, 1.807) is 0 Å². The summed E-state index contributed by atoms with van der Waals surface area (Å²) in [6, 6.07) is 5.72. The molecule has 0 aliphatic rings. The largest absolute Gasteiger partial charge is 0.508 e. The van der Waals surface area contributed by atoms with Crippen molar-refractivity contribution in [3.05, 3.63) is 29.8 Å². The van der Waals surface area contributed by atoms with E-state index in [9.17, 15) is 9.59 Å². The SMILES string of the molecule is CCCC(=O)NC(=S)NNC(=O)c1ccc(O)cc1. The van der Waals surface area contributed by atoms with Crippen molar-refractivity contribution >= 4 is 29.1 Å². The number of carbonyl (C=O) groups excluding carboxylic acids is 2. The molecular formula is C12H15N3O3S. The van der Waals surface area contributed by atoms with Gasteiger partial charge in [0.2, 0.25) is 5.91 Å². The van der Waals surface area contributed by atoms with E-state index in [2.05, 4.69) is 16.2 Å². The van der Waals surface area contributed by atoms with Gasteiger partial charge in [-0.25, -0.2) is 0 Å². The number of phenols is 1. The van der Waals surface area contributed by atoms with E-state index in [4.69, 9.17) is 17.3 Å². The first-order valence-electron chi connectivity index (χ1n) is 5.72. The van der Waals surface area contributed by atoms with E-state index in [0.717, 1.165) is 0 Å². The molecule has 0 aliphatic heterocycles. The second kappa shape index (κ2) is 7.32. The molecule has 0 spiro atoms. The highest BCUT2D eigenvalue weighted by Crippen LogP contribution is 2.08. The molecule has 0 radical (unpaired) electrons. The molecule has 7 heteroatoms. The van der Waals surface area contributed by atoms with Crippen molar-refractivity contribution in [2.45, 2.75) is 19.8 Å². The maximum Gasteiger partial charge on any atom is 0.269 e. The van der Waals surface area contributed by atoms with E-state index in [1.165, 1.54) is 24.3 Å². The highest BCUT2D eigenvalue weighted by molar-refractivity contribution is 7.80. The highest BCUT2D eigenvalue weighted by Gasteiger charge is 2.07. The molecule has 0 saturated heterocycles. The molecule has 102 valence electrons. The summed E-state index contributed by atoms with van der Waals surface area (Å²) in [6.07, 6.45) is 1.09. The van der Waals surface area contributed by atoms with Crippen LogP contribution in [0.25, 0.3) is 0 Å². The topological polar surface area (TPSA) is 90.5 Å². The van der Waals surface area contributed by atoms with Crippen LogP contribution in [0.1, 0.15) is 30.1 Å². The number of carbonyl (C=O) groups is 2. The number of benzene rings is 1. The average molecular weight is 281 g/mol. The molecule has 2 amide bonds. The fraction of sp³-hybridized carbons (Fsp3) is 0.250. The van der Waals surface area contributed by atoms with Gasteiger partial charge in [0.25, 0.3) is 5.91 Å². The first-order valence-corrected chi connectivity index (χ1v) is 6.13. The van der Waals surface area contributed by atoms with Gasteiger partial charge < -0.3 is 10.4 Å². The molecule has 0 aromatic heterocycles. The molecule has 0 heterocycles. The van der Waals surface area contributed by atoms with Crippen molar-refractivity contribution in [1.29, 1.82) is 0 Å². The summed E-state index contributed by atoms with van der Waals surface area (Å²) in [6.45, 7) is 1.88. The molecule has 19 heavy (non-hydrogen) atoms. The highest BCUT2D eigenvalue weighted by atomic mass is 32.1. The number of thiocarbonyl (C=S) groups is 1. The third-order valence-corrected chi connectivity index (χ3v) is 2.35. The van der Waals surface area contributed by atoms with Crippen molar-refractivity contribution < 1.29 is 14.7 Å². The Morgan fingerprint density at radius 2 is 1.84 bits per heavy atom. The fourth-order valence-electron chi connectivity index (χ4n) is 1.25. The second-order valence-corrected chi connectivity index (χ2v) is 4.16. The van der Waals surface area contributed by atoms with Crippen LogP contribution >= 0.6 is 12.2 Å². The van der Waals surface area contributed by atoms with Gasteiger partial charge in [-0.3, -0.25) is 20.4 Å². The van der Waals surface area contributed by atoms with E-state index in [0.29, 0.717) is 18.4 Å². The predicted molar refractivity (Wildman–Crippen MR) is 74.4 cm³/mol. The van der Waals surface area contributed by atoms with Crippen LogP contribution in [0.4, 0.5) is 0 Å². The zero-order valence-corrected chi connectivity index (χ0v) is 11.2. The Labute approximate surface area is 116 Å².